The molecule has 0 radical (unpaired) electrons. The molecule has 0 amide bonds. The SMILES string of the molecule is CCCC(C)C1=[C-]CC=C1.F.F.[Zr]. The van der Waals surface area contributed by atoms with Crippen LogP contribution in [0, 0.1) is 12.0 Å². The van der Waals surface area contributed by atoms with Crippen LogP contribution in [0.15, 0.2) is 17.7 Å². The standard InChI is InChI=1S/C10H15.2FH.Zr/c1-3-6-9(2)10-7-4-5-8-10;;;/h4,7,9H,3,5-6H2,1-2H3;2*1H;/q-1;;;. The third-order valence-corrected chi connectivity index (χ3v) is 1.97. The average molecular weight is 266 g/mol. The van der Waals surface area contributed by atoms with Crippen LogP contribution in [0.2, 0.25) is 0 Å². The quantitative estimate of drug-likeness (QED) is 0.687. The molecule has 1 aliphatic carbocycles. The fourth-order valence-electron chi connectivity index (χ4n) is 1.35. The molecule has 13 heavy (non-hydrogen) atoms. The minimum atomic E-state index is 0. The summed E-state index contributed by atoms with van der Waals surface area (Å²) >= 11 is 0. The van der Waals surface area contributed by atoms with Gasteiger partial charge in [0.15, 0.2) is 0 Å². The van der Waals surface area contributed by atoms with Crippen molar-refractivity contribution < 1.29 is 35.6 Å². The Hall–Kier alpha value is 0.223. The Morgan fingerprint density at radius 2 is 2.08 bits per heavy atom. The monoisotopic (exact) mass is 265 g/mol. The van der Waals surface area contributed by atoms with E-state index in [-0.39, 0.29) is 35.6 Å². The third kappa shape index (κ3) is 6.31. The Labute approximate surface area is 98.3 Å². The van der Waals surface area contributed by atoms with Gasteiger partial charge in [0.25, 0.3) is 0 Å². The van der Waals surface area contributed by atoms with Crippen LogP contribution >= 0.6 is 0 Å². The van der Waals surface area contributed by atoms with Crippen molar-refractivity contribution in [2.75, 3.05) is 0 Å². The molecule has 0 aliphatic heterocycles. The van der Waals surface area contributed by atoms with Crippen molar-refractivity contribution in [1.29, 1.82) is 0 Å². The van der Waals surface area contributed by atoms with Crippen LogP contribution in [0.25, 0.3) is 0 Å². The summed E-state index contributed by atoms with van der Waals surface area (Å²) in [6, 6.07) is 0. The van der Waals surface area contributed by atoms with Crippen molar-refractivity contribution in [1.82, 2.24) is 0 Å². The van der Waals surface area contributed by atoms with Gasteiger partial charge in [-0.1, -0.05) is 26.2 Å². The first-order valence-electron chi connectivity index (χ1n) is 4.12. The van der Waals surface area contributed by atoms with Gasteiger partial charge in [-0.3, -0.25) is 15.5 Å². The topological polar surface area (TPSA) is 0 Å². The smallest absolute Gasteiger partial charge is 0 e. The normalized spacial score (nSPS) is 14.8. The van der Waals surface area contributed by atoms with E-state index in [1.54, 1.807) is 0 Å². The zero-order valence-corrected chi connectivity index (χ0v) is 10.6. The van der Waals surface area contributed by atoms with Crippen LogP contribution in [0.3, 0.4) is 0 Å². The molecule has 0 heterocycles. The molecule has 0 aromatic rings. The van der Waals surface area contributed by atoms with E-state index in [0.29, 0.717) is 0 Å². The van der Waals surface area contributed by atoms with Crippen LogP contribution < -0.4 is 0 Å². The van der Waals surface area contributed by atoms with E-state index in [0.717, 1.165) is 12.3 Å². The van der Waals surface area contributed by atoms with Crippen LogP contribution in [0.4, 0.5) is 9.41 Å². The molecule has 0 saturated carbocycles. The maximum atomic E-state index is 3.35. The zero-order chi connectivity index (χ0) is 7.40. The molecular weight excluding hydrogens is 249 g/mol. The van der Waals surface area contributed by atoms with Gasteiger partial charge in [-0.15, -0.1) is 6.42 Å². The summed E-state index contributed by atoms with van der Waals surface area (Å²) in [6.07, 6.45) is 11.3. The summed E-state index contributed by atoms with van der Waals surface area (Å²) in [6.45, 7) is 4.51. The Morgan fingerprint density at radius 1 is 1.46 bits per heavy atom. The van der Waals surface area contributed by atoms with Crippen molar-refractivity contribution in [3.63, 3.8) is 0 Å². The Bertz CT molecular complexity index is 164. The van der Waals surface area contributed by atoms with Gasteiger partial charge in [-0.25, -0.2) is 11.6 Å². The number of rotatable bonds is 3. The summed E-state index contributed by atoms with van der Waals surface area (Å²) in [5, 5.41) is 0. The van der Waals surface area contributed by atoms with E-state index in [1.165, 1.54) is 18.4 Å². The van der Waals surface area contributed by atoms with E-state index in [4.69, 9.17) is 0 Å². The molecule has 0 aromatic heterocycles. The second-order valence-electron chi connectivity index (χ2n) is 2.93. The predicted molar refractivity (Wildman–Crippen MR) is 49.6 cm³/mol. The number of hydrogen-bond acceptors (Lipinski definition) is 0. The molecule has 0 bridgehead atoms. The van der Waals surface area contributed by atoms with E-state index >= 15 is 0 Å². The molecule has 0 spiro atoms. The fraction of sp³-hybridized carbons (Fsp3) is 0.600. The van der Waals surface area contributed by atoms with Crippen molar-refractivity contribution in [3.05, 3.63) is 23.8 Å². The van der Waals surface area contributed by atoms with Gasteiger partial charge in [-0.2, -0.15) is 6.08 Å². The Morgan fingerprint density at radius 3 is 2.46 bits per heavy atom. The van der Waals surface area contributed by atoms with Crippen LogP contribution in [-0.4, -0.2) is 0 Å². The van der Waals surface area contributed by atoms with E-state index in [2.05, 4.69) is 32.1 Å². The summed E-state index contributed by atoms with van der Waals surface area (Å²) in [5.74, 6) is 0.726. The maximum Gasteiger partial charge on any atom is 0 e. The van der Waals surface area contributed by atoms with Gasteiger partial charge < -0.3 is 0 Å². The van der Waals surface area contributed by atoms with Crippen molar-refractivity contribution >= 4 is 0 Å². The number of halogens is 2. The average Bonchev–Trinajstić information content (AvgIpc) is 2.38. The second kappa shape index (κ2) is 10.3. The minimum Gasteiger partial charge on any atom is -0.269 e. The van der Waals surface area contributed by atoms with E-state index in [1.807, 2.05) is 0 Å². The molecule has 76 valence electrons. The summed E-state index contributed by atoms with van der Waals surface area (Å²) < 4.78 is 0. The molecule has 0 fully saturated rings. The molecule has 1 aliphatic rings. The third-order valence-electron chi connectivity index (χ3n) is 1.97. The molecular formula is C10H17F2Zr-. The molecule has 0 N–H and O–H groups in total. The first-order chi connectivity index (χ1) is 4.84. The van der Waals surface area contributed by atoms with Crippen LogP contribution in [-0.2, 0) is 26.2 Å². The minimum absolute atomic E-state index is 0. The zero-order valence-electron chi connectivity index (χ0n) is 8.17. The van der Waals surface area contributed by atoms with Gasteiger partial charge in [-0.05, 0) is 6.42 Å². The molecule has 1 rings (SSSR count). The van der Waals surface area contributed by atoms with Crippen molar-refractivity contribution in [2.24, 2.45) is 5.92 Å². The Kier molecular flexibility index (Phi) is 15.0. The number of hydrogen-bond donors (Lipinski definition) is 0. The molecule has 3 heteroatoms. The molecule has 0 nitrogen and oxygen atoms in total. The fourth-order valence-corrected chi connectivity index (χ4v) is 1.35. The summed E-state index contributed by atoms with van der Waals surface area (Å²) in [5.41, 5.74) is 1.42. The number of allylic oxidation sites excluding steroid dienone is 4. The van der Waals surface area contributed by atoms with Crippen molar-refractivity contribution in [2.45, 2.75) is 33.1 Å². The van der Waals surface area contributed by atoms with Gasteiger partial charge in [0.2, 0.25) is 0 Å². The van der Waals surface area contributed by atoms with Crippen LogP contribution in [0.1, 0.15) is 33.1 Å². The second-order valence-corrected chi connectivity index (χ2v) is 2.93. The maximum absolute atomic E-state index is 3.35. The summed E-state index contributed by atoms with van der Waals surface area (Å²) in [4.78, 5) is 0. The summed E-state index contributed by atoms with van der Waals surface area (Å²) in [7, 11) is 0. The molecule has 0 saturated heterocycles. The molecule has 1 unspecified atom stereocenters. The van der Waals surface area contributed by atoms with E-state index < -0.39 is 0 Å². The van der Waals surface area contributed by atoms with Gasteiger partial charge in [0.05, 0.1) is 0 Å². The first-order valence-corrected chi connectivity index (χ1v) is 4.12. The predicted octanol–water partition coefficient (Wildman–Crippen LogP) is 3.41. The van der Waals surface area contributed by atoms with Gasteiger partial charge >= 0.3 is 0 Å². The Balaban J connectivity index is -0.000000333. The van der Waals surface area contributed by atoms with Crippen molar-refractivity contribution in [3.8, 4) is 0 Å². The van der Waals surface area contributed by atoms with Gasteiger partial charge in [0, 0.05) is 26.2 Å². The van der Waals surface area contributed by atoms with Gasteiger partial charge in [0.1, 0.15) is 0 Å². The largest absolute Gasteiger partial charge is 0.269 e. The molecule has 1 atom stereocenters. The first kappa shape index (κ1) is 18.9. The molecule has 0 aromatic carbocycles. The van der Waals surface area contributed by atoms with Crippen LogP contribution in [0.5, 0.6) is 0 Å². The van der Waals surface area contributed by atoms with E-state index in [9.17, 15) is 0 Å².